The lowest BCUT2D eigenvalue weighted by Gasteiger charge is -2.07. The topological polar surface area (TPSA) is 101 Å². The minimum absolute atomic E-state index is 0.0860. The van der Waals surface area contributed by atoms with E-state index >= 15 is 0 Å². The van der Waals surface area contributed by atoms with E-state index in [2.05, 4.69) is 10.6 Å². The molecular weight excluding hydrogens is 293 g/mol. The molecule has 0 aliphatic rings. The number of hydrogen-bond acceptors (Lipinski definition) is 4. The van der Waals surface area contributed by atoms with Crippen LogP contribution < -0.4 is 10.6 Å². The molecule has 2 rings (SSSR count). The largest absolute Gasteiger partial charge is 0.318 e. The fourth-order valence-corrected chi connectivity index (χ4v) is 1.63. The van der Waals surface area contributed by atoms with E-state index in [1.165, 1.54) is 36.4 Å². The summed E-state index contributed by atoms with van der Waals surface area (Å²) in [4.78, 5) is 33.4. The fourth-order valence-electron chi connectivity index (χ4n) is 1.63. The molecule has 22 heavy (non-hydrogen) atoms. The molecule has 2 amide bonds. The van der Waals surface area contributed by atoms with E-state index in [1.54, 1.807) is 0 Å². The van der Waals surface area contributed by atoms with Crippen LogP contribution in [0.4, 0.5) is 21.5 Å². The van der Waals surface area contributed by atoms with Crippen molar-refractivity contribution in [2.24, 2.45) is 0 Å². The maximum Gasteiger partial charge on any atom is 0.314 e. The summed E-state index contributed by atoms with van der Waals surface area (Å²) in [5.74, 6) is -2.83. The van der Waals surface area contributed by atoms with Crippen molar-refractivity contribution >= 4 is 28.9 Å². The van der Waals surface area contributed by atoms with E-state index in [-0.39, 0.29) is 17.1 Å². The Balaban J connectivity index is 2.06. The summed E-state index contributed by atoms with van der Waals surface area (Å²) in [7, 11) is 0. The van der Waals surface area contributed by atoms with E-state index in [9.17, 15) is 24.1 Å². The van der Waals surface area contributed by atoms with Gasteiger partial charge in [0, 0.05) is 17.8 Å². The SMILES string of the molecule is O=C(Nc1cccc([N+](=O)[O-])c1)C(=O)Nc1ccccc1F. The van der Waals surface area contributed by atoms with Crippen LogP contribution >= 0.6 is 0 Å². The van der Waals surface area contributed by atoms with Crippen molar-refractivity contribution in [2.75, 3.05) is 10.6 Å². The molecule has 0 heterocycles. The van der Waals surface area contributed by atoms with Gasteiger partial charge >= 0.3 is 11.8 Å². The third kappa shape index (κ3) is 3.63. The second kappa shape index (κ2) is 6.44. The molecule has 2 aromatic rings. The molecule has 2 N–H and O–H groups in total. The third-order valence-corrected chi connectivity index (χ3v) is 2.64. The fraction of sp³-hybridized carbons (Fsp3) is 0. The van der Waals surface area contributed by atoms with Crippen LogP contribution in [0.5, 0.6) is 0 Å². The van der Waals surface area contributed by atoms with Crippen molar-refractivity contribution in [3.63, 3.8) is 0 Å². The molecule has 0 aliphatic heterocycles. The Bertz CT molecular complexity index is 748. The number of anilines is 2. The van der Waals surface area contributed by atoms with Gasteiger partial charge in [-0.05, 0) is 18.2 Å². The zero-order valence-corrected chi connectivity index (χ0v) is 11.1. The second-order valence-corrected chi connectivity index (χ2v) is 4.20. The van der Waals surface area contributed by atoms with Crippen LogP contribution in [0.25, 0.3) is 0 Å². The number of halogens is 1. The molecule has 0 spiro atoms. The summed E-state index contributed by atoms with van der Waals surface area (Å²) in [6.45, 7) is 0. The lowest BCUT2D eigenvalue weighted by molar-refractivity contribution is -0.384. The highest BCUT2D eigenvalue weighted by molar-refractivity contribution is 6.43. The third-order valence-electron chi connectivity index (χ3n) is 2.64. The van der Waals surface area contributed by atoms with Crippen LogP contribution in [0.3, 0.4) is 0 Å². The van der Waals surface area contributed by atoms with Crippen molar-refractivity contribution in [1.29, 1.82) is 0 Å². The van der Waals surface area contributed by atoms with Gasteiger partial charge in [0.25, 0.3) is 5.69 Å². The predicted molar refractivity (Wildman–Crippen MR) is 76.8 cm³/mol. The number of carbonyl (C=O) groups is 2. The zero-order valence-electron chi connectivity index (χ0n) is 11.1. The molecule has 8 heteroatoms. The Morgan fingerprint density at radius 1 is 1.00 bits per heavy atom. The highest BCUT2D eigenvalue weighted by Gasteiger charge is 2.16. The number of nitrogens with zero attached hydrogens (tertiary/aromatic N) is 1. The number of benzene rings is 2. The molecule has 0 atom stereocenters. The molecule has 0 saturated carbocycles. The first kappa shape index (κ1) is 15.1. The van der Waals surface area contributed by atoms with E-state index in [4.69, 9.17) is 0 Å². The Morgan fingerprint density at radius 3 is 2.36 bits per heavy atom. The first-order valence-electron chi connectivity index (χ1n) is 6.08. The number of non-ortho nitro benzene ring substituents is 1. The van der Waals surface area contributed by atoms with Gasteiger partial charge in [-0.15, -0.1) is 0 Å². The van der Waals surface area contributed by atoms with Gasteiger partial charge in [0.15, 0.2) is 0 Å². The van der Waals surface area contributed by atoms with Crippen molar-refractivity contribution in [3.8, 4) is 0 Å². The molecular formula is C14H10FN3O4. The Labute approximate surface area is 123 Å². The van der Waals surface area contributed by atoms with Crippen LogP contribution in [0.1, 0.15) is 0 Å². The van der Waals surface area contributed by atoms with Gasteiger partial charge in [-0.1, -0.05) is 18.2 Å². The lowest BCUT2D eigenvalue weighted by atomic mass is 10.2. The van der Waals surface area contributed by atoms with E-state index in [0.717, 1.165) is 12.1 Å². The number of amides is 2. The molecule has 112 valence electrons. The minimum atomic E-state index is -1.09. The molecule has 0 unspecified atom stereocenters. The number of para-hydroxylation sites is 1. The van der Waals surface area contributed by atoms with Gasteiger partial charge in [0.1, 0.15) is 5.82 Å². The summed E-state index contributed by atoms with van der Waals surface area (Å²) >= 11 is 0. The maximum absolute atomic E-state index is 13.4. The van der Waals surface area contributed by atoms with Crippen LogP contribution in [-0.4, -0.2) is 16.7 Å². The van der Waals surface area contributed by atoms with E-state index in [0.29, 0.717) is 0 Å². The normalized spacial score (nSPS) is 9.86. The summed E-state index contributed by atoms with van der Waals surface area (Å²) in [5.41, 5.74) is -0.281. The number of nitro benzene ring substituents is 1. The van der Waals surface area contributed by atoms with Crippen molar-refractivity contribution in [2.45, 2.75) is 0 Å². The number of nitrogens with one attached hydrogen (secondary N) is 2. The van der Waals surface area contributed by atoms with E-state index in [1.807, 2.05) is 0 Å². The number of rotatable bonds is 3. The quantitative estimate of drug-likeness (QED) is 0.516. The van der Waals surface area contributed by atoms with Gasteiger partial charge in [0.05, 0.1) is 10.6 Å². The van der Waals surface area contributed by atoms with Gasteiger partial charge < -0.3 is 10.6 Å². The Morgan fingerprint density at radius 2 is 1.68 bits per heavy atom. The van der Waals surface area contributed by atoms with Gasteiger partial charge in [-0.2, -0.15) is 0 Å². The van der Waals surface area contributed by atoms with Crippen molar-refractivity contribution < 1.29 is 18.9 Å². The minimum Gasteiger partial charge on any atom is -0.318 e. The Hall–Kier alpha value is -3.29. The smallest absolute Gasteiger partial charge is 0.314 e. The standard InChI is InChI=1S/C14H10FN3O4/c15-11-6-1-2-7-12(11)17-14(20)13(19)16-9-4-3-5-10(8-9)18(21)22/h1-8H,(H,16,19)(H,17,20). The average molecular weight is 303 g/mol. The maximum atomic E-state index is 13.4. The second-order valence-electron chi connectivity index (χ2n) is 4.20. The van der Waals surface area contributed by atoms with Crippen LogP contribution in [0.2, 0.25) is 0 Å². The molecule has 0 fully saturated rings. The first-order chi connectivity index (χ1) is 10.5. The lowest BCUT2D eigenvalue weighted by Crippen LogP contribution is -2.29. The van der Waals surface area contributed by atoms with Crippen LogP contribution in [0.15, 0.2) is 48.5 Å². The van der Waals surface area contributed by atoms with Gasteiger partial charge in [0.2, 0.25) is 0 Å². The molecule has 2 aromatic carbocycles. The highest BCUT2D eigenvalue weighted by Crippen LogP contribution is 2.17. The number of hydrogen-bond donors (Lipinski definition) is 2. The summed E-state index contributed by atoms with van der Waals surface area (Å²) < 4.78 is 13.4. The van der Waals surface area contributed by atoms with E-state index < -0.39 is 22.6 Å². The Kier molecular flexibility index (Phi) is 4.42. The zero-order chi connectivity index (χ0) is 16.1. The van der Waals surface area contributed by atoms with Crippen LogP contribution in [-0.2, 0) is 9.59 Å². The summed E-state index contributed by atoms with van der Waals surface area (Å²) in [6, 6.07) is 10.5. The van der Waals surface area contributed by atoms with Gasteiger partial charge in [-0.3, -0.25) is 19.7 Å². The van der Waals surface area contributed by atoms with Gasteiger partial charge in [-0.25, -0.2) is 4.39 Å². The monoisotopic (exact) mass is 303 g/mol. The summed E-state index contributed by atoms with van der Waals surface area (Å²) in [5, 5.41) is 14.9. The highest BCUT2D eigenvalue weighted by atomic mass is 19.1. The number of nitro groups is 1. The molecule has 0 radical (unpaired) electrons. The van der Waals surface area contributed by atoms with Crippen molar-refractivity contribution in [1.82, 2.24) is 0 Å². The van der Waals surface area contributed by atoms with Crippen molar-refractivity contribution in [3.05, 3.63) is 64.5 Å². The predicted octanol–water partition coefficient (Wildman–Crippen LogP) is 2.31. The first-order valence-corrected chi connectivity index (χ1v) is 6.08. The average Bonchev–Trinajstić information content (AvgIpc) is 2.49. The summed E-state index contributed by atoms with van der Waals surface area (Å²) in [6.07, 6.45) is 0. The molecule has 0 aromatic heterocycles. The molecule has 0 saturated heterocycles. The number of carbonyl (C=O) groups excluding carboxylic acids is 2. The molecule has 0 bridgehead atoms. The molecule has 7 nitrogen and oxygen atoms in total. The molecule has 0 aliphatic carbocycles. The van der Waals surface area contributed by atoms with Crippen LogP contribution in [0, 0.1) is 15.9 Å².